The summed E-state index contributed by atoms with van der Waals surface area (Å²) in [6, 6.07) is 9.98. The number of non-ortho nitro benzene ring substituents is 3. The molecule has 22 nitrogen and oxygen atoms in total. The molecular weight excluding hydrogens is 894 g/mol. The molecule has 0 unspecified atom stereocenters. The van der Waals surface area contributed by atoms with Crippen LogP contribution in [0.3, 0.4) is 0 Å². The Balaban J connectivity index is 0.000000319. The molecule has 0 aliphatic carbocycles. The monoisotopic (exact) mass is 946 g/mol. The second-order valence-electron chi connectivity index (χ2n) is 18.4. The number of benzene rings is 3. The molecule has 0 saturated carbocycles. The molecular formula is C42H52FeN9O13-. The molecule has 3 aromatic rings. The molecule has 1 N–H and O–H groups in total. The number of nitrogens with one attached hydrogen (secondary N) is 1. The van der Waals surface area contributed by atoms with Gasteiger partial charge in [-0.3, -0.25) is 40.4 Å². The van der Waals surface area contributed by atoms with Gasteiger partial charge in [0, 0.05) is 53.5 Å². The number of nitrogens with zero attached hydrogens (tertiary/aromatic N) is 8. The number of hydrogen-bond donors (Lipinski definition) is 1. The number of aliphatic imine (C=N–C) groups is 2. The number of nitro groups is 3. The quantitative estimate of drug-likeness (QED) is 0.109. The Hall–Kier alpha value is -6.74. The molecule has 0 spiro atoms. The van der Waals surface area contributed by atoms with Gasteiger partial charge in [-0.15, -0.1) is 0 Å². The van der Waals surface area contributed by atoms with E-state index in [9.17, 15) is 65.5 Å². The van der Waals surface area contributed by atoms with Gasteiger partial charge < -0.3 is 25.3 Å². The van der Waals surface area contributed by atoms with Gasteiger partial charge >= 0.3 is 11.7 Å². The van der Waals surface area contributed by atoms with E-state index >= 15 is 0 Å². The Morgan fingerprint density at radius 1 is 0.554 bits per heavy atom. The first-order valence-electron chi connectivity index (χ1n) is 19.6. The zero-order chi connectivity index (χ0) is 49.5. The fraction of sp³-hybridized carbons (Fsp3) is 0.476. The maximum Gasteiger partial charge on any atom is 0.363 e. The molecule has 0 saturated heterocycles. The van der Waals surface area contributed by atoms with Crippen molar-refractivity contribution in [3.05, 3.63) is 117 Å². The Bertz CT molecular complexity index is 2360. The summed E-state index contributed by atoms with van der Waals surface area (Å²) >= 11 is 0. The number of nitroso groups, excluding NO2 is 2. The summed E-state index contributed by atoms with van der Waals surface area (Å²) in [5.74, 6) is -1.18. The predicted octanol–water partition coefficient (Wildman–Crippen LogP) is 5.21. The Kier molecular flexibility index (Phi) is 15.7. The van der Waals surface area contributed by atoms with Crippen LogP contribution in [0.2, 0.25) is 0 Å². The number of hydrogen-bond acceptors (Lipinski definition) is 16. The maximum atomic E-state index is 12.4. The first-order valence-corrected chi connectivity index (χ1v) is 19.6. The van der Waals surface area contributed by atoms with Crippen molar-refractivity contribution in [2.24, 2.45) is 9.98 Å². The summed E-state index contributed by atoms with van der Waals surface area (Å²) in [6.07, 6.45) is 0. The molecule has 0 radical (unpaired) electrons. The molecule has 0 amide bonds. The largest absolute Gasteiger partial charge is 0.872 e. The number of Topliss-reactive ketones (excluding diaryl/α,β-unsaturated/α-hetero) is 1. The number of ketones is 1. The zero-order valence-electron chi connectivity index (χ0n) is 38.4. The van der Waals surface area contributed by atoms with E-state index < -0.39 is 65.3 Å². The molecule has 3 heterocycles. The van der Waals surface area contributed by atoms with Crippen LogP contribution in [0.5, 0.6) is 17.2 Å². The van der Waals surface area contributed by atoms with Crippen molar-refractivity contribution >= 4 is 40.4 Å². The summed E-state index contributed by atoms with van der Waals surface area (Å²) in [5, 5.41) is 83.4. The Labute approximate surface area is 384 Å². The molecule has 3 aliphatic rings. The third-order valence-electron chi connectivity index (χ3n) is 12.1. The molecule has 6 rings (SSSR count). The summed E-state index contributed by atoms with van der Waals surface area (Å²) in [7, 11) is 0. The van der Waals surface area contributed by atoms with Gasteiger partial charge in [0.05, 0.1) is 31.5 Å². The fourth-order valence-corrected chi connectivity index (χ4v) is 5.90. The van der Waals surface area contributed by atoms with Crippen molar-refractivity contribution in [2.45, 2.75) is 130 Å². The number of carbonyl (C=O) groups excluding carboxylic acids is 1. The van der Waals surface area contributed by atoms with Crippen LogP contribution in [-0.2, 0) is 21.9 Å². The van der Waals surface area contributed by atoms with Gasteiger partial charge in [0.1, 0.15) is 16.9 Å². The number of rotatable bonds is 6. The summed E-state index contributed by atoms with van der Waals surface area (Å²) in [5.41, 5.74) is -5.14. The molecule has 3 aliphatic heterocycles. The van der Waals surface area contributed by atoms with E-state index in [0.29, 0.717) is 14.3 Å². The fourth-order valence-electron chi connectivity index (χ4n) is 5.90. The first-order chi connectivity index (χ1) is 29.0. The molecule has 0 aromatic heterocycles. The van der Waals surface area contributed by atoms with E-state index in [1.165, 1.54) is 13.8 Å². The number of amidine groups is 3. The minimum atomic E-state index is -0.834. The summed E-state index contributed by atoms with van der Waals surface area (Å²) in [4.78, 5) is 73.3. The van der Waals surface area contributed by atoms with E-state index in [1.54, 1.807) is 69.2 Å². The Morgan fingerprint density at radius 2 is 0.831 bits per heavy atom. The van der Waals surface area contributed by atoms with Gasteiger partial charge in [0.2, 0.25) is 0 Å². The van der Waals surface area contributed by atoms with Gasteiger partial charge in [-0.1, -0.05) is 55.2 Å². The normalized spacial score (nSPS) is 18.7. The van der Waals surface area contributed by atoms with Crippen LogP contribution >= 0.6 is 0 Å². The third-order valence-corrected chi connectivity index (χ3v) is 12.1. The predicted molar refractivity (Wildman–Crippen MR) is 230 cm³/mol. The zero-order valence-corrected chi connectivity index (χ0v) is 39.5. The average Bonchev–Trinajstić information content (AvgIpc) is 3.52. The van der Waals surface area contributed by atoms with E-state index in [4.69, 9.17) is 0 Å². The van der Waals surface area contributed by atoms with Crippen molar-refractivity contribution in [3.63, 3.8) is 0 Å². The first kappa shape index (κ1) is 54.4. The van der Waals surface area contributed by atoms with Crippen molar-refractivity contribution in [3.8, 4) is 17.2 Å². The van der Waals surface area contributed by atoms with E-state index in [-0.39, 0.29) is 74.1 Å². The Morgan fingerprint density at radius 3 is 1.06 bits per heavy atom. The SMILES string of the molecule is CC(C)=O.CC1(C)N=C(c2cc([N+](=O)[O-])ccc2[O-])[N+](=O)C1(C)C.CC1(C)N=C(c2cc([N+](=O)[O-])ccc2[O-])[N+](=O)C1(C)C.CC1(C)NC(c2cc([N+](=O)[O-])ccc2[O-])=[N+]([O-])C1(C)C.[Fe]. The minimum Gasteiger partial charge on any atom is -0.872 e. The molecule has 65 heavy (non-hydrogen) atoms. The smallest absolute Gasteiger partial charge is 0.363 e. The number of nitro benzene ring substituents is 3. The maximum absolute atomic E-state index is 12.4. The van der Waals surface area contributed by atoms with E-state index in [2.05, 4.69) is 15.3 Å². The topological polar surface area (TPSA) is 319 Å². The minimum absolute atomic E-state index is 0. The second kappa shape index (κ2) is 18.8. The number of carbonyl (C=O) groups is 1. The van der Waals surface area contributed by atoms with Crippen molar-refractivity contribution in [1.29, 1.82) is 0 Å². The van der Waals surface area contributed by atoms with E-state index in [1.807, 2.05) is 13.8 Å². The average molecular weight is 947 g/mol. The molecule has 352 valence electrons. The summed E-state index contributed by atoms with van der Waals surface area (Å²) in [6.45, 7) is 24.3. The van der Waals surface area contributed by atoms with Gasteiger partial charge in [-0.05, 0) is 106 Å². The van der Waals surface area contributed by atoms with Crippen LogP contribution < -0.4 is 20.6 Å². The molecule has 0 atom stereocenters. The van der Waals surface area contributed by atoms with Gasteiger partial charge in [-0.2, -0.15) is 0 Å². The van der Waals surface area contributed by atoms with Gasteiger partial charge in [0.15, 0.2) is 22.2 Å². The van der Waals surface area contributed by atoms with Gasteiger partial charge in [-0.25, -0.2) is 0 Å². The van der Waals surface area contributed by atoms with Crippen LogP contribution in [0.25, 0.3) is 0 Å². The van der Waals surface area contributed by atoms with Crippen LogP contribution in [-0.4, -0.2) is 85.6 Å². The van der Waals surface area contributed by atoms with Crippen LogP contribution in [0.1, 0.15) is 114 Å². The van der Waals surface area contributed by atoms with Crippen molar-refractivity contribution < 1.29 is 66.2 Å². The molecule has 3 aromatic carbocycles. The van der Waals surface area contributed by atoms with E-state index in [0.717, 1.165) is 54.6 Å². The van der Waals surface area contributed by atoms with Crippen LogP contribution in [0.15, 0.2) is 64.6 Å². The number of hydroxylamine groups is 1. The standard InChI is InChI=1S/C13H17N3O4.2C13H15N3O4.C3H6O.Fe/c3*1-12(2)13(3,4)15(18)11(14-12)9-7-8(16(19)20)5-6-10(9)17;1-3(2)4;/h5-7,14,17H,1-4H3;2*5-7H,1-4H3;1-2H3;/p-1. The second-order valence-corrected chi connectivity index (χ2v) is 18.4. The molecule has 0 bridgehead atoms. The van der Waals surface area contributed by atoms with Crippen LogP contribution in [0, 0.1) is 45.4 Å². The summed E-state index contributed by atoms with van der Waals surface area (Å²) < 4.78 is 2.04. The molecule has 23 heteroatoms. The van der Waals surface area contributed by atoms with Gasteiger partial charge in [0.25, 0.3) is 22.9 Å². The van der Waals surface area contributed by atoms with Crippen molar-refractivity contribution in [2.75, 3.05) is 0 Å². The van der Waals surface area contributed by atoms with Crippen molar-refractivity contribution in [1.82, 2.24) is 5.32 Å². The third kappa shape index (κ3) is 10.6. The molecule has 0 fully saturated rings. The van der Waals surface area contributed by atoms with Crippen LogP contribution in [0.4, 0.5) is 17.1 Å².